The molecular formula is C20H23N3O5. The van der Waals surface area contributed by atoms with Crippen molar-refractivity contribution >= 4 is 28.8 Å². The van der Waals surface area contributed by atoms with Gasteiger partial charge in [-0.3, -0.25) is 14.4 Å². The standard InChI is InChI=1S/C20H23N3O5/c1-3-16-14(20(26)27-2)8-12-10-22(11-19(25)23(12)16)18(24)9-15-13-6-4-5-7-17(13)28-21-15/h4-7,12,14,16H,3,8-11H2,1-2H3/t12-,14-,16-/m0/s1. The van der Waals surface area contributed by atoms with E-state index in [2.05, 4.69) is 5.16 Å². The van der Waals surface area contributed by atoms with Gasteiger partial charge in [0.25, 0.3) is 0 Å². The zero-order valence-electron chi connectivity index (χ0n) is 16.0. The number of benzene rings is 1. The number of nitrogens with zero attached hydrogens (tertiary/aromatic N) is 3. The Labute approximate surface area is 162 Å². The normalized spacial score (nSPS) is 24.5. The lowest BCUT2D eigenvalue weighted by Gasteiger charge is -2.39. The lowest BCUT2D eigenvalue weighted by Crippen LogP contribution is -2.57. The van der Waals surface area contributed by atoms with E-state index in [9.17, 15) is 14.4 Å². The average Bonchev–Trinajstić information content (AvgIpc) is 3.29. The minimum atomic E-state index is -0.335. The molecule has 1 aromatic heterocycles. The number of carbonyl (C=O) groups excluding carboxylic acids is 3. The summed E-state index contributed by atoms with van der Waals surface area (Å²) < 4.78 is 10.2. The minimum absolute atomic E-state index is 0.0233. The Bertz CT molecular complexity index is 923. The van der Waals surface area contributed by atoms with Crippen LogP contribution in [0.2, 0.25) is 0 Å². The fourth-order valence-electron chi connectivity index (χ4n) is 4.54. The van der Waals surface area contributed by atoms with Crippen LogP contribution in [0.25, 0.3) is 11.0 Å². The Hall–Kier alpha value is -2.90. The maximum atomic E-state index is 12.8. The van der Waals surface area contributed by atoms with Crippen molar-refractivity contribution in [2.24, 2.45) is 5.92 Å². The third-order valence-electron chi connectivity index (χ3n) is 5.83. The van der Waals surface area contributed by atoms with E-state index in [1.54, 1.807) is 15.9 Å². The molecule has 0 radical (unpaired) electrons. The van der Waals surface area contributed by atoms with Gasteiger partial charge in [-0.2, -0.15) is 0 Å². The second-order valence-corrected chi connectivity index (χ2v) is 7.37. The molecule has 2 amide bonds. The van der Waals surface area contributed by atoms with E-state index in [0.717, 1.165) is 5.39 Å². The number of hydrogen-bond acceptors (Lipinski definition) is 6. The first-order chi connectivity index (χ1) is 13.5. The maximum absolute atomic E-state index is 12.8. The monoisotopic (exact) mass is 385 g/mol. The molecule has 2 saturated heterocycles. The van der Waals surface area contributed by atoms with Crippen molar-refractivity contribution in [2.45, 2.75) is 38.3 Å². The molecule has 3 heterocycles. The van der Waals surface area contributed by atoms with E-state index in [-0.39, 0.29) is 48.8 Å². The molecule has 0 saturated carbocycles. The van der Waals surface area contributed by atoms with Gasteiger partial charge in [0, 0.05) is 18.0 Å². The van der Waals surface area contributed by atoms with Crippen LogP contribution >= 0.6 is 0 Å². The van der Waals surface area contributed by atoms with Crippen LogP contribution in [-0.2, 0) is 25.5 Å². The summed E-state index contributed by atoms with van der Waals surface area (Å²) in [4.78, 5) is 41.1. The van der Waals surface area contributed by atoms with E-state index >= 15 is 0 Å². The summed E-state index contributed by atoms with van der Waals surface area (Å²) in [5.74, 6) is -0.908. The first-order valence-corrected chi connectivity index (χ1v) is 9.53. The molecule has 0 aliphatic carbocycles. The quantitative estimate of drug-likeness (QED) is 0.739. The number of aromatic nitrogens is 1. The molecule has 28 heavy (non-hydrogen) atoms. The molecule has 0 unspecified atom stereocenters. The van der Waals surface area contributed by atoms with E-state index in [1.807, 2.05) is 25.1 Å². The minimum Gasteiger partial charge on any atom is -0.469 e. The van der Waals surface area contributed by atoms with Crippen molar-refractivity contribution in [2.75, 3.05) is 20.2 Å². The predicted molar refractivity (Wildman–Crippen MR) is 99.1 cm³/mol. The second-order valence-electron chi connectivity index (χ2n) is 7.37. The SMILES string of the molecule is CC[C@H]1[C@@H](C(=O)OC)C[C@H]2CN(C(=O)Cc3noc4ccccc34)CC(=O)N21. The summed E-state index contributed by atoms with van der Waals surface area (Å²) in [5.41, 5.74) is 1.20. The highest BCUT2D eigenvalue weighted by Gasteiger charge is 2.49. The summed E-state index contributed by atoms with van der Waals surface area (Å²) in [5, 5.41) is 4.81. The molecule has 3 atom stereocenters. The van der Waals surface area contributed by atoms with Gasteiger partial charge in [-0.25, -0.2) is 0 Å². The molecule has 8 heteroatoms. The van der Waals surface area contributed by atoms with Gasteiger partial charge >= 0.3 is 5.97 Å². The summed E-state index contributed by atoms with van der Waals surface area (Å²) in [6.45, 7) is 2.41. The average molecular weight is 385 g/mol. The van der Waals surface area contributed by atoms with E-state index in [4.69, 9.17) is 9.26 Å². The van der Waals surface area contributed by atoms with Crippen molar-refractivity contribution < 1.29 is 23.6 Å². The molecule has 2 aromatic rings. The Kier molecular flexibility index (Phi) is 4.78. The number of fused-ring (bicyclic) bond motifs is 2. The number of amides is 2. The van der Waals surface area contributed by atoms with Gasteiger partial charge in [-0.15, -0.1) is 0 Å². The molecule has 2 aliphatic rings. The molecule has 0 spiro atoms. The second kappa shape index (κ2) is 7.26. The zero-order valence-corrected chi connectivity index (χ0v) is 16.0. The molecule has 2 fully saturated rings. The van der Waals surface area contributed by atoms with Crippen LogP contribution in [0.4, 0.5) is 0 Å². The third kappa shape index (κ3) is 3.02. The van der Waals surface area contributed by atoms with Gasteiger partial charge in [0.05, 0.1) is 32.0 Å². The van der Waals surface area contributed by atoms with Crippen LogP contribution in [0.1, 0.15) is 25.5 Å². The van der Waals surface area contributed by atoms with Crippen molar-refractivity contribution in [3.8, 4) is 0 Å². The highest BCUT2D eigenvalue weighted by atomic mass is 16.5. The van der Waals surface area contributed by atoms with Crippen molar-refractivity contribution in [1.82, 2.24) is 15.0 Å². The van der Waals surface area contributed by atoms with Crippen LogP contribution < -0.4 is 0 Å². The summed E-state index contributed by atoms with van der Waals surface area (Å²) >= 11 is 0. The number of methoxy groups -OCH3 is 1. The number of rotatable bonds is 4. The zero-order chi connectivity index (χ0) is 19.8. The molecule has 4 rings (SSSR count). The van der Waals surface area contributed by atoms with Crippen LogP contribution in [-0.4, -0.2) is 65.0 Å². The predicted octanol–water partition coefficient (Wildman–Crippen LogP) is 1.38. The highest BCUT2D eigenvalue weighted by Crippen LogP contribution is 2.35. The van der Waals surface area contributed by atoms with Crippen molar-refractivity contribution in [1.29, 1.82) is 0 Å². The van der Waals surface area contributed by atoms with Crippen molar-refractivity contribution in [3.63, 3.8) is 0 Å². The molecule has 8 nitrogen and oxygen atoms in total. The van der Waals surface area contributed by atoms with Gasteiger partial charge in [0.1, 0.15) is 5.69 Å². The molecule has 148 valence electrons. The van der Waals surface area contributed by atoms with E-state index < -0.39 is 0 Å². The Morgan fingerprint density at radius 2 is 2.11 bits per heavy atom. The van der Waals surface area contributed by atoms with Gasteiger partial charge in [0.2, 0.25) is 11.8 Å². The Balaban J connectivity index is 1.50. The number of carbonyl (C=O) groups is 3. The molecule has 2 aliphatic heterocycles. The van der Waals surface area contributed by atoms with Crippen LogP contribution in [0.3, 0.4) is 0 Å². The molecule has 0 bridgehead atoms. The van der Waals surface area contributed by atoms with Gasteiger partial charge in [0.15, 0.2) is 5.58 Å². The largest absolute Gasteiger partial charge is 0.469 e. The van der Waals surface area contributed by atoms with Crippen LogP contribution in [0.15, 0.2) is 28.8 Å². The Morgan fingerprint density at radius 3 is 2.86 bits per heavy atom. The van der Waals surface area contributed by atoms with Crippen LogP contribution in [0.5, 0.6) is 0 Å². The summed E-state index contributed by atoms with van der Waals surface area (Å²) in [6, 6.07) is 7.05. The van der Waals surface area contributed by atoms with Crippen molar-refractivity contribution in [3.05, 3.63) is 30.0 Å². The molecule has 1 aromatic carbocycles. The number of hydrogen-bond donors (Lipinski definition) is 0. The van der Waals surface area contributed by atoms with Gasteiger partial charge in [-0.1, -0.05) is 24.2 Å². The first-order valence-electron chi connectivity index (χ1n) is 9.53. The fraction of sp³-hybridized carbons (Fsp3) is 0.500. The maximum Gasteiger partial charge on any atom is 0.310 e. The molecule has 0 N–H and O–H groups in total. The number of piperazine rings is 1. The lowest BCUT2D eigenvalue weighted by molar-refractivity contribution is -0.150. The van der Waals surface area contributed by atoms with Crippen LogP contribution in [0, 0.1) is 5.92 Å². The van der Waals surface area contributed by atoms with E-state index in [0.29, 0.717) is 30.7 Å². The summed E-state index contributed by atoms with van der Waals surface area (Å²) in [7, 11) is 1.37. The van der Waals surface area contributed by atoms with Gasteiger partial charge < -0.3 is 19.1 Å². The first kappa shape index (κ1) is 18.5. The Morgan fingerprint density at radius 1 is 1.32 bits per heavy atom. The number of ether oxygens (including phenoxy) is 1. The lowest BCUT2D eigenvalue weighted by atomic mass is 9.97. The molecular weight excluding hydrogens is 362 g/mol. The topological polar surface area (TPSA) is 93.0 Å². The van der Waals surface area contributed by atoms with Gasteiger partial charge in [-0.05, 0) is 25.0 Å². The third-order valence-corrected chi connectivity index (χ3v) is 5.83. The fourth-order valence-corrected chi connectivity index (χ4v) is 4.54. The summed E-state index contributed by atoms with van der Waals surface area (Å²) in [6.07, 6.45) is 1.28. The smallest absolute Gasteiger partial charge is 0.310 e. The van der Waals surface area contributed by atoms with E-state index in [1.165, 1.54) is 7.11 Å². The highest BCUT2D eigenvalue weighted by molar-refractivity contribution is 5.90. The number of esters is 1. The number of para-hydroxylation sites is 1.